The first-order valence-corrected chi connectivity index (χ1v) is 16.3. The number of ether oxygens (including phenoxy) is 1. The zero-order valence-corrected chi connectivity index (χ0v) is 26.5. The number of nitrogens with one attached hydrogen (secondary N) is 1. The number of fused-ring (bicyclic) bond motifs is 2. The van der Waals surface area contributed by atoms with Gasteiger partial charge in [0, 0.05) is 49.3 Å². The summed E-state index contributed by atoms with van der Waals surface area (Å²) in [6.45, 7) is 1.99. The molecule has 1 unspecified atom stereocenters. The third-order valence-electron chi connectivity index (χ3n) is 9.61. The Bertz CT molecular complexity index is 2090. The number of halogens is 1. The van der Waals surface area contributed by atoms with Crippen LogP contribution in [0.2, 0.25) is 0 Å². The van der Waals surface area contributed by atoms with Crippen LogP contribution in [-0.4, -0.2) is 66.4 Å². The fraction of sp³-hybridized carbons (Fsp3) is 0.278. The highest BCUT2D eigenvalue weighted by Crippen LogP contribution is 2.36. The van der Waals surface area contributed by atoms with Crippen molar-refractivity contribution in [2.24, 2.45) is 0 Å². The molecule has 2 saturated heterocycles. The van der Waals surface area contributed by atoms with E-state index in [1.807, 2.05) is 59.3 Å². The minimum absolute atomic E-state index is 0.0482. The first-order valence-electron chi connectivity index (χ1n) is 16.3. The van der Waals surface area contributed by atoms with Crippen molar-refractivity contribution >= 4 is 34.6 Å². The summed E-state index contributed by atoms with van der Waals surface area (Å²) < 4.78 is 23.3. The van der Waals surface area contributed by atoms with Crippen molar-refractivity contribution < 1.29 is 23.5 Å². The minimum atomic E-state index is -0.740. The number of carbonyl (C=O) groups excluding carboxylic acids is 3. The van der Waals surface area contributed by atoms with Crippen LogP contribution >= 0.6 is 0 Å². The van der Waals surface area contributed by atoms with E-state index in [0.717, 1.165) is 24.2 Å². The summed E-state index contributed by atoms with van der Waals surface area (Å²) >= 11 is 0. The molecule has 3 N–H and O–H groups in total. The molecular formula is C36H33FN8O4. The Kier molecular flexibility index (Phi) is 7.75. The van der Waals surface area contributed by atoms with E-state index in [-0.39, 0.29) is 42.8 Å². The van der Waals surface area contributed by atoms with E-state index in [2.05, 4.69) is 20.2 Å². The molecule has 3 aliphatic heterocycles. The third kappa shape index (κ3) is 5.75. The fourth-order valence-electron chi connectivity index (χ4n) is 7.08. The van der Waals surface area contributed by atoms with Crippen LogP contribution in [0.25, 0.3) is 22.3 Å². The van der Waals surface area contributed by atoms with Crippen LogP contribution in [0.15, 0.2) is 73.1 Å². The molecule has 13 heteroatoms. The molecule has 3 aromatic carbocycles. The summed E-state index contributed by atoms with van der Waals surface area (Å²) in [6, 6.07) is 19.6. The second-order valence-electron chi connectivity index (χ2n) is 12.7. The van der Waals surface area contributed by atoms with Gasteiger partial charge >= 0.3 is 0 Å². The Morgan fingerprint density at radius 3 is 2.45 bits per heavy atom. The number of rotatable bonds is 7. The van der Waals surface area contributed by atoms with Gasteiger partial charge in [0.05, 0.1) is 11.4 Å². The van der Waals surface area contributed by atoms with Crippen LogP contribution in [0.4, 0.5) is 10.2 Å². The second kappa shape index (κ2) is 12.4. The van der Waals surface area contributed by atoms with Crippen molar-refractivity contribution in [1.82, 2.24) is 34.9 Å². The monoisotopic (exact) mass is 660 g/mol. The Morgan fingerprint density at radius 2 is 1.69 bits per heavy atom. The molecule has 2 aromatic heterocycles. The predicted octanol–water partition coefficient (Wildman–Crippen LogP) is 4.61. The van der Waals surface area contributed by atoms with E-state index in [0.29, 0.717) is 59.1 Å². The number of aromatic nitrogens is 4. The number of likely N-dealkylation sites (tertiary alicyclic amines) is 1. The molecule has 0 aliphatic carbocycles. The van der Waals surface area contributed by atoms with Crippen molar-refractivity contribution in [3.63, 3.8) is 0 Å². The van der Waals surface area contributed by atoms with Crippen molar-refractivity contribution in [3.05, 3.63) is 95.6 Å². The van der Waals surface area contributed by atoms with Gasteiger partial charge < -0.3 is 15.4 Å². The lowest BCUT2D eigenvalue weighted by Gasteiger charge is -2.32. The van der Waals surface area contributed by atoms with Gasteiger partial charge in [-0.2, -0.15) is 5.10 Å². The molecule has 0 bridgehead atoms. The van der Waals surface area contributed by atoms with E-state index in [1.54, 1.807) is 6.07 Å². The zero-order chi connectivity index (χ0) is 33.6. The van der Waals surface area contributed by atoms with Gasteiger partial charge in [0.15, 0.2) is 5.65 Å². The van der Waals surface area contributed by atoms with E-state index in [4.69, 9.17) is 15.6 Å². The number of amides is 3. The summed E-state index contributed by atoms with van der Waals surface area (Å²) in [7, 11) is 0. The maximum atomic E-state index is 15.4. The number of anilines is 1. The lowest BCUT2D eigenvalue weighted by Crippen LogP contribution is -2.52. The van der Waals surface area contributed by atoms with Crippen LogP contribution in [0.5, 0.6) is 11.5 Å². The Morgan fingerprint density at radius 1 is 0.939 bits per heavy atom. The molecule has 5 aromatic rings. The van der Waals surface area contributed by atoms with Crippen LogP contribution < -0.4 is 15.8 Å². The van der Waals surface area contributed by atoms with E-state index in [9.17, 15) is 14.4 Å². The van der Waals surface area contributed by atoms with Crippen LogP contribution in [-0.2, 0) is 22.7 Å². The van der Waals surface area contributed by atoms with Gasteiger partial charge in [-0.3, -0.25) is 24.6 Å². The number of para-hydroxylation sites is 1. The highest BCUT2D eigenvalue weighted by molar-refractivity contribution is 6.05. The topological polar surface area (TPSA) is 149 Å². The van der Waals surface area contributed by atoms with Gasteiger partial charge in [-0.1, -0.05) is 18.2 Å². The van der Waals surface area contributed by atoms with Crippen molar-refractivity contribution in [1.29, 1.82) is 0 Å². The quantitative estimate of drug-likeness (QED) is 0.239. The molecule has 3 amide bonds. The SMILES string of the molecule is Nc1ncnc2c1c(-c1ccc(Oc3ccccc3)cc1)nn2C1CCN(Cc2cc3c(cc2F)C(=O)N(C2CCC(=O)NC2=O)C3)CC1. The maximum absolute atomic E-state index is 15.4. The van der Waals surface area contributed by atoms with Crippen molar-refractivity contribution in [2.45, 2.75) is 50.9 Å². The fourth-order valence-corrected chi connectivity index (χ4v) is 7.08. The number of nitrogens with two attached hydrogens (primary N) is 1. The van der Waals surface area contributed by atoms with Crippen LogP contribution in [0, 0.1) is 5.82 Å². The summed E-state index contributed by atoms with van der Waals surface area (Å²) in [5, 5.41) is 8.01. The highest BCUT2D eigenvalue weighted by atomic mass is 19.1. The summed E-state index contributed by atoms with van der Waals surface area (Å²) in [4.78, 5) is 49.5. The number of nitrogens with zero attached hydrogens (tertiary/aromatic N) is 6. The molecule has 0 radical (unpaired) electrons. The largest absolute Gasteiger partial charge is 0.457 e. The lowest BCUT2D eigenvalue weighted by molar-refractivity contribution is -0.136. The standard InChI is InChI=1S/C36H33FN8O4/c37-28-17-27-22(19-44(36(27)48)29-10-11-30(46)41-35(29)47)16-23(28)18-43-14-12-24(13-15-43)45-34-31(33(38)39-20-40-34)32(42-45)21-6-8-26(9-7-21)49-25-4-2-1-3-5-25/h1-9,16-17,20,24,29H,10-15,18-19H2,(H2,38,39,40)(H,41,46,47). The molecule has 0 spiro atoms. The molecule has 1 atom stereocenters. The lowest BCUT2D eigenvalue weighted by atomic mass is 10.0. The molecule has 0 saturated carbocycles. The summed E-state index contributed by atoms with van der Waals surface area (Å²) in [6.07, 6.45) is 3.40. The molecule has 2 fully saturated rings. The second-order valence-corrected chi connectivity index (χ2v) is 12.7. The average molecular weight is 661 g/mol. The molecule has 12 nitrogen and oxygen atoms in total. The molecule has 5 heterocycles. The van der Waals surface area contributed by atoms with Gasteiger partial charge in [-0.15, -0.1) is 0 Å². The number of piperidine rings is 2. The number of carbonyl (C=O) groups is 3. The Hall–Kier alpha value is -5.69. The van der Waals surface area contributed by atoms with Gasteiger partial charge in [0.2, 0.25) is 11.8 Å². The van der Waals surface area contributed by atoms with Crippen molar-refractivity contribution in [3.8, 4) is 22.8 Å². The number of hydrogen-bond donors (Lipinski definition) is 2. The molecule has 8 rings (SSSR count). The maximum Gasteiger partial charge on any atom is 0.255 e. The summed E-state index contributed by atoms with van der Waals surface area (Å²) in [5.41, 5.74) is 10.1. The molecule has 49 heavy (non-hydrogen) atoms. The van der Waals surface area contributed by atoms with E-state index in [1.165, 1.54) is 17.3 Å². The number of benzene rings is 3. The zero-order valence-electron chi connectivity index (χ0n) is 26.5. The molecule has 3 aliphatic rings. The molecule has 248 valence electrons. The van der Waals surface area contributed by atoms with Gasteiger partial charge in [0.1, 0.15) is 41.2 Å². The van der Waals surface area contributed by atoms with Crippen molar-refractivity contribution in [2.75, 3.05) is 18.8 Å². The predicted molar refractivity (Wildman–Crippen MR) is 178 cm³/mol. The first-order chi connectivity index (χ1) is 23.8. The number of imide groups is 1. The van der Waals surface area contributed by atoms with Crippen LogP contribution in [0.3, 0.4) is 0 Å². The smallest absolute Gasteiger partial charge is 0.255 e. The normalized spacial score (nSPS) is 18.6. The Labute approximate surface area is 280 Å². The Balaban J connectivity index is 0.965. The third-order valence-corrected chi connectivity index (χ3v) is 9.61. The highest BCUT2D eigenvalue weighted by Gasteiger charge is 2.39. The average Bonchev–Trinajstić information content (AvgIpc) is 3.65. The first kappa shape index (κ1) is 30.6. The number of nitrogen functional groups attached to an aromatic ring is 1. The van der Waals surface area contributed by atoms with Crippen LogP contribution in [0.1, 0.15) is 53.2 Å². The number of hydrogen-bond acceptors (Lipinski definition) is 9. The van der Waals surface area contributed by atoms with Gasteiger partial charge in [-0.25, -0.2) is 19.0 Å². The molecular weight excluding hydrogens is 627 g/mol. The summed E-state index contributed by atoms with van der Waals surface area (Å²) in [5.74, 6) is 0.138. The van der Waals surface area contributed by atoms with E-state index < -0.39 is 17.8 Å². The minimum Gasteiger partial charge on any atom is -0.457 e. The van der Waals surface area contributed by atoms with Gasteiger partial charge in [-0.05, 0) is 73.4 Å². The van der Waals surface area contributed by atoms with E-state index >= 15 is 4.39 Å². The van der Waals surface area contributed by atoms with Gasteiger partial charge in [0.25, 0.3) is 5.91 Å².